The average molecular weight is 246 g/mol. The molecule has 2 heterocycles. The van der Waals surface area contributed by atoms with Crippen LogP contribution in [0.1, 0.15) is 0 Å². The normalized spacial score (nSPS) is 10.9. The summed E-state index contributed by atoms with van der Waals surface area (Å²) in [6.07, 6.45) is 0. The molecule has 3 N–H and O–H groups in total. The van der Waals surface area contributed by atoms with Gasteiger partial charge in [0, 0.05) is 5.56 Å². The lowest BCUT2D eigenvalue weighted by Gasteiger charge is -2.00. The smallest absolute Gasteiger partial charge is 0.279 e. The number of H-pyrrole nitrogens is 1. The summed E-state index contributed by atoms with van der Waals surface area (Å²) in [4.78, 5) is 14.3. The topological polar surface area (TPSA) is 102 Å². The molecule has 0 aliphatic rings. The highest BCUT2D eigenvalue weighted by atomic mass is 19.1. The summed E-state index contributed by atoms with van der Waals surface area (Å²) in [6.45, 7) is 0. The third kappa shape index (κ3) is 1.51. The Labute approximate surface area is 99.1 Å². The fourth-order valence-electron chi connectivity index (χ4n) is 1.57. The van der Waals surface area contributed by atoms with Crippen LogP contribution in [0.4, 0.5) is 10.3 Å². The first-order valence-electron chi connectivity index (χ1n) is 5.02. The Morgan fingerprint density at radius 1 is 1.22 bits per heavy atom. The molecule has 18 heavy (non-hydrogen) atoms. The number of nitrogen functional groups attached to an aromatic ring is 1. The van der Waals surface area contributed by atoms with Gasteiger partial charge in [0.2, 0.25) is 5.95 Å². The van der Waals surface area contributed by atoms with Crippen LogP contribution in [-0.2, 0) is 0 Å². The van der Waals surface area contributed by atoms with E-state index < -0.39 is 5.56 Å². The number of halogens is 1. The molecule has 0 radical (unpaired) electrons. The molecule has 0 saturated heterocycles. The molecule has 90 valence electrons. The van der Waals surface area contributed by atoms with Gasteiger partial charge in [-0.05, 0) is 24.3 Å². The molecule has 0 spiro atoms. The number of rotatable bonds is 1. The molecule has 0 amide bonds. The lowest BCUT2D eigenvalue weighted by molar-refractivity contribution is 0.628. The first-order valence-corrected chi connectivity index (χ1v) is 5.02. The second-order valence-corrected chi connectivity index (χ2v) is 3.60. The SMILES string of the molecule is Nc1nnc2[nH]c(=O)c(-c3ccc(F)cc3)nn12. The van der Waals surface area contributed by atoms with E-state index >= 15 is 0 Å². The average Bonchev–Trinajstić information content (AvgIpc) is 2.71. The summed E-state index contributed by atoms with van der Waals surface area (Å²) in [7, 11) is 0. The van der Waals surface area contributed by atoms with E-state index in [2.05, 4.69) is 20.3 Å². The lowest BCUT2D eigenvalue weighted by atomic mass is 10.2. The number of aromatic amines is 1. The predicted octanol–water partition coefficient (Wildman–Crippen LogP) is 0.201. The van der Waals surface area contributed by atoms with Crippen LogP contribution in [0.2, 0.25) is 0 Å². The molecule has 3 rings (SSSR count). The second kappa shape index (κ2) is 3.62. The van der Waals surface area contributed by atoms with Crippen molar-refractivity contribution in [3.63, 3.8) is 0 Å². The van der Waals surface area contributed by atoms with Crippen molar-refractivity contribution in [1.82, 2.24) is 24.8 Å². The Bertz CT molecular complexity index is 775. The number of hydrogen-bond acceptors (Lipinski definition) is 5. The van der Waals surface area contributed by atoms with Gasteiger partial charge in [-0.15, -0.1) is 10.2 Å². The van der Waals surface area contributed by atoms with E-state index in [1.165, 1.54) is 28.8 Å². The highest BCUT2D eigenvalue weighted by Gasteiger charge is 2.10. The van der Waals surface area contributed by atoms with Gasteiger partial charge >= 0.3 is 0 Å². The molecular weight excluding hydrogens is 239 g/mol. The maximum Gasteiger partial charge on any atom is 0.279 e. The summed E-state index contributed by atoms with van der Waals surface area (Å²) in [5.74, 6) is -0.173. The number of nitrogens with one attached hydrogen (secondary N) is 1. The van der Waals surface area contributed by atoms with Crippen molar-refractivity contribution in [2.24, 2.45) is 0 Å². The van der Waals surface area contributed by atoms with Gasteiger partial charge in [0.1, 0.15) is 5.82 Å². The van der Waals surface area contributed by atoms with Crippen molar-refractivity contribution in [2.75, 3.05) is 5.73 Å². The van der Waals surface area contributed by atoms with E-state index in [0.717, 1.165) is 0 Å². The zero-order chi connectivity index (χ0) is 12.7. The van der Waals surface area contributed by atoms with E-state index in [1.807, 2.05) is 0 Å². The first-order chi connectivity index (χ1) is 8.65. The van der Waals surface area contributed by atoms with Crippen LogP contribution >= 0.6 is 0 Å². The second-order valence-electron chi connectivity index (χ2n) is 3.60. The molecule has 0 bridgehead atoms. The van der Waals surface area contributed by atoms with Crippen molar-refractivity contribution < 1.29 is 4.39 Å². The number of benzene rings is 1. The van der Waals surface area contributed by atoms with Gasteiger partial charge in [-0.3, -0.25) is 9.78 Å². The fourth-order valence-corrected chi connectivity index (χ4v) is 1.57. The molecule has 0 aliphatic heterocycles. The van der Waals surface area contributed by atoms with Gasteiger partial charge < -0.3 is 5.73 Å². The van der Waals surface area contributed by atoms with E-state index in [0.29, 0.717) is 5.56 Å². The third-order valence-corrected chi connectivity index (χ3v) is 2.42. The summed E-state index contributed by atoms with van der Waals surface area (Å²) in [5, 5.41) is 11.3. The van der Waals surface area contributed by atoms with Crippen LogP contribution in [-0.4, -0.2) is 24.8 Å². The minimum absolute atomic E-state index is 0.0598. The highest BCUT2D eigenvalue weighted by Crippen LogP contribution is 2.13. The van der Waals surface area contributed by atoms with Gasteiger partial charge in [-0.2, -0.15) is 9.61 Å². The highest BCUT2D eigenvalue weighted by molar-refractivity contribution is 5.58. The quantitative estimate of drug-likeness (QED) is 0.638. The minimum Gasteiger partial charge on any atom is -0.366 e. The van der Waals surface area contributed by atoms with E-state index in [1.54, 1.807) is 0 Å². The van der Waals surface area contributed by atoms with Crippen molar-refractivity contribution in [3.8, 4) is 11.3 Å². The molecule has 7 nitrogen and oxygen atoms in total. The van der Waals surface area contributed by atoms with E-state index in [-0.39, 0.29) is 23.2 Å². The molecule has 8 heteroatoms. The third-order valence-electron chi connectivity index (χ3n) is 2.42. The molecule has 0 aliphatic carbocycles. The van der Waals surface area contributed by atoms with Crippen molar-refractivity contribution in [2.45, 2.75) is 0 Å². The van der Waals surface area contributed by atoms with Gasteiger partial charge in [0.05, 0.1) is 0 Å². The first kappa shape index (κ1) is 10.4. The molecule has 0 saturated carbocycles. The number of nitrogens with zero attached hydrogens (tertiary/aromatic N) is 4. The predicted molar refractivity (Wildman–Crippen MR) is 61.2 cm³/mol. The minimum atomic E-state index is -0.443. The molecular formula is C10H7FN6O. The van der Waals surface area contributed by atoms with Crippen molar-refractivity contribution in [1.29, 1.82) is 0 Å². The Balaban J connectivity index is 2.28. The molecule has 0 unspecified atom stereocenters. The van der Waals surface area contributed by atoms with Gasteiger partial charge in [-0.1, -0.05) is 0 Å². The number of anilines is 1. The fraction of sp³-hybridized carbons (Fsp3) is 0. The van der Waals surface area contributed by atoms with Crippen LogP contribution in [0.5, 0.6) is 0 Å². The monoisotopic (exact) mass is 246 g/mol. The van der Waals surface area contributed by atoms with Crippen LogP contribution in [0.3, 0.4) is 0 Å². The maximum absolute atomic E-state index is 12.8. The summed E-state index contributed by atoms with van der Waals surface area (Å²) < 4.78 is 14.0. The molecule has 2 aromatic heterocycles. The van der Waals surface area contributed by atoms with Crippen LogP contribution < -0.4 is 11.3 Å². The summed E-state index contributed by atoms with van der Waals surface area (Å²) in [6, 6.07) is 5.41. The van der Waals surface area contributed by atoms with Crippen molar-refractivity contribution in [3.05, 3.63) is 40.4 Å². The Morgan fingerprint density at radius 2 is 1.94 bits per heavy atom. The zero-order valence-electron chi connectivity index (χ0n) is 8.96. The van der Waals surface area contributed by atoms with Crippen LogP contribution in [0.25, 0.3) is 17.0 Å². The Kier molecular flexibility index (Phi) is 2.09. The molecule has 0 fully saturated rings. The Morgan fingerprint density at radius 3 is 2.67 bits per heavy atom. The van der Waals surface area contributed by atoms with E-state index in [9.17, 15) is 9.18 Å². The van der Waals surface area contributed by atoms with Crippen LogP contribution in [0, 0.1) is 5.82 Å². The van der Waals surface area contributed by atoms with Crippen molar-refractivity contribution >= 4 is 11.7 Å². The zero-order valence-corrected chi connectivity index (χ0v) is 8.96. The summed E-state index contributed by atoms with van der Waals surface area (Å²) >= 11 is 0. The van der Waals surface area contributed by atoms with Gasteiger partial charge in [0.25, 0.3) is 11.3 Å². The van der Waals surface area contributed by atoms with Crippen LogP contribution in [0.15, 0.2) is 29.1 Å². The summed E-state index contributed by atoms with van der Waals surface area (Å²) in [5.41, 5.74) is 5.70. The molecule has 1 aromatic carbocycles. The number of aromatic nitrogens is 5. The Hall–Kier alpha value is -2.77. The largest absolute Gasteiger partial charge is 0.366 e. The standard InChI is InChI=1S/C10H7FN6O/c11-6-3-1-5(2-4-6)7-8(18)13-10-15-14-9(12)17(10)16-7/h1-4H,(H2,12,14)(H,13,15,18). The lowest BCUT2D eigenvalue weighted by Crippen LogP contribution is -2.15. The van der Waals surface area contributed by atoms with E-state index in [4.69, 9.17) is 5.73 Å². The molecule has 3 aromatic rings. The number of hydrogen-bond donors (Lipinski definition) is 2. The van der Waals surface area contributed by atoms with Gasteiger partial charge in [-0.25, -0.2) is 4.39 Å². The molecule has 0 atom stereocenters. The maximum atomic E-state index is 12.8. The van der Waals surface area contributed by atoms with Gasteiger partial charge in [0.15, 0.2) is 5.69 Å². The number of nitrogens with two attached hydrogens (primary N) is 1. The number of fused-ring (bicyclic) bond motifs is 1.